The summed E-state index contributed by atoms with van der Waals surface area (Å²) in [5.74, 6) is 0.437. The van der Waals surface area contributed by atoms with Crippen molar-refractivity contribution >= 4 is 17.3 Å². The van der Waals surface area contributed by atoms with Crippen LogP contribution in [-0.4, -0.2) is 20.2 Å². The molecule has 2 aromatic rings. The summed E-state index contributed by atoms with van der Waals surface area (Å²) in [6.45, 7) is 1.96. The molecule has 2 aromatic carbocycles. The molecular formula is C16H18N2O3. The molecule has 0 unspecified atom stereocenters. The van der Waals surface area contributed by atoms with Crippen molar-refractivity contribution in [3.8, 4) is 5.75 Å². The van der Waals surface area contributed by atoms with Crippen LogP contribution < -0.4 is 15.6 Å². The second-order valence-electron chi connectivity index (χ2n) is 4.50. The van der Waals surface area contributed by atoms with Crippen molar-refractivity contribution in [1.29, 1.82) is 0 Å². The third kappa shape index (κ3) is 3.66. The van der Waals surface area contributed by atoms with Crippen LogP contribution in [0.3, 0.4) is 0 Å². The van der Waals surface area contributed by atoms with Gasteiger partial charge in [-0.25, -0.2) is 4.79 Å². The van der Waals surface area contributed by atoms with Crippen molar-refractivity contribution in [3.63, 3.8) is 0 Å². The molecule has 21 heavy (non-hydrogen) atoms. The second-order valence-corrected chi connectivity index (χ2v) is 4.50. The van der Waals surface area contributed by atoms with Crippen molar-refractivity contribution < 1.29 is 14.3 Å². The summed E-state index contributed by atoms with van der Waals surface area (Å²) in [6, 6.07) is 12.9. The summed E-state index contributed by atoms with van der Waals surface area (Å²) < 4.78 is 9.82. The van der Waals surface area contributed by atoms with Crippen LogP contribution >= 0.6 is 0 Å². The number of aryl methyl sites for hydroxylation is 1. The first-order valence-electron chi connectivity index (χ1n) is 6.49. The van der Waals surface area contributed by atoms with Crippen LogP contribution in [0.15, 0.2) is 42.5 Å². The Labute approximate surface area is 123 Å². The van der Waals surface area contributed by atoms with Crippen LogP contribution in [0.25, 0.3) is 0 Å². The number of hydrogen-bond acceptors (Lipinski definition) is 5. The third-order valence-electron chi connectivity index (χ3n) is 3.09. The monoisotopic (exact) mass is 286 g/mol. The molecule has 0 heterocycles. The second kappa shape index (κ2) is 6.65. The van der Waals surface area contributed by atoms with Crippen molar-refractivity contribution in [2.45, 2.75) is 6.92 Å². The smallest absolute Gasteiger partial charge is 0.337 e. The lowest BCUT2D eigenvalue weighted by molar-refractivity contribution is 0.0601. The molecule has 2 N–H and O–H groups in total. The Morgan fingerprint density at radius 1 is 1.00 bits per heavy atom. The number of benzene rings is 2. The fraction of sp³-hybridized carbons (Fsp3) is 0.188. The number of anilines is 2. The van der Waals surface area contributed by atoms with E-state index in [0.717, 1.165) is 22.7 Å². The van der Waals surface area contributed by atoms with Crippen molar-refractivity contribution in [2.24, 2.45) is 0 Å². The van der Waals surface area contributed by atoms with E-state index in [2.05, 4.69) is 10.9 Å². The molecular weight excluding hydrogens is 268 g/mol. The Hall–Kier alpha value is -2.69. The topological polar surface area (TPSA) is 59.6 Å². The van der Waals surface area contributed by atoms with Crippen molar-refractivity contribution in [1.82, 2.24) is 0 Å². The van der Waals surface area contributed by atoms with E-state index in [1.807, 2.05) is 37.3 Å². The largest absolute Gasteiger partial charge is 0.497 e. The predicted molar refractivity (Wildman–Crippen MR) is 82.8 cm³/mol. The van der Waals surface area contributed by atoms with Gasteiger partial charge in [0.05, 0.1) is 31.2 Å². The van der Waals surface area contributed by atoms with Gasteiger partial charge in [-0.1, -0.05) is 6.07 Å². The molecule has 0 amide bonds. The minimum absolute atomic E-state index is 0.359. The van der Waals surface area contributed by atoms with Gasteiger partial charge in [-0.2, -0.15) is 0 Å². The van der Waals surface area contributed by atoms with E-state index in [-0.39, 0.29) is 5.97 Å². The summed E-state index contributed by atoms with van der Waals surface area (Å²) in [5.41, 5.74) is 9.39. The lowest BCUT2D eigenvalue weighted by Crippen LogP contribution is -2.11. The van der Waals surface area contributed by atoms with E-state index in [9.17, 15) is 4.79 Å². The molecule has 5 heteroatoms. The molecule has 0 aliphatic heterocycles. The van der Waals surface area contributed by atoms with Gasteiger partial charge >= 0.3 is 5.97 Å². The first-order valence-corrected chi connectivity index (χ1v) is 6.49. The zero-order valence-electron chi connectivity index (χ0n) is 12.3. The van der Waals surface area contributed by atoms with Crippen LogP contribution in [0.4, 0.5) is 11.4 Å². The first-order chi connectivity index (χ1) is 10.1. The molecule has 110 valence electrons. The highest BCUT2D eigenvalue weighted by atomic mass is 16.5. The number of carbonyl (C=O) groups is 1. The molecule has 0 spiro atoms. The van der Waals surface area contributed by atoms with Gasteiger partial charge in [-0.05, 0) is 48.9 Å². The predicted octanol–water partition coefficient (Wildman–Crippen LogP) is 3.23. The zero-order chi connectivity index (χ0) is 15.2. The molecule has 0 radical (unpaired) electrons. The minimum Gasteiger partial charge on any atom is -0.497 e. The minimum atomic E-state index is -0.359. The average molecular weight is 286 g/mol. The lowest BCUT2D eigenvalue weighted by atomic mass is 10.1. The number of hydrogen-bond donors (Lipinski definition) is 2. The molecule has 0 aliphatic rings. The van der Waals surface area contributed by atoms with E-state index in [1.165, 1.54) is 7.11 Å². The van der Waals surface area contributed by atoms with Gasteiger partial charge in [-0.15, -0.1) is 0 Å². The van der Waals surface area contributed by atoms with Gasteiger partial charge in [0, 0.05) is 0 Å². The Bertz CT molecular complexity index is 624. The number of ether oxygens (including phenoxy) is 2. The molecule has 0 saturated carbocycles. The van der Waals surface area contributed by atoms with Gasteiger partial charge in [0.1, 0.15) is 5.75 Å². The van der Waals surface area contributed by atoms with E-state index in [1.54, 1.807) is 19.2 Å². The highest BCUT2D eigenvalue weighted by Gasteiger charge is 2.07. The number of nitrogens with one attached hydrogen (secondary N) is 2. The Morgan fingerprint density at radius 3 is 2.33 bits per heavy atom. The standard InChI is InChI=1S/C16H18N2O3/c1-11-4-5-12(16(19)21-3)10-15(11)18-17-13-6-8-14(20-2)9-7-13/h4-10,17-18H,1-3H3. The number of esters is 1. The highest BCUT2D eigenvalue weighted by Crippen LogP contribution is 2.19. The zero-order valence-corrected chi connectivity index (χ0v) is 12.3. The van der Waals surface area contributed by atoms with Crippen LogP contribution in [-0.2, 0) is 4.74 Å². The van der Waals surface area contributed by atoms with Crippen molar-refractivity contribution in [3.05, 3.63) is 53.6 Å². The summed E-state index contributed by atoms with van der Waals surface area (Å²) in [7, 11) is 2.99. The molecule has 0 bridgehead atoms. The molecule has 0 saturated heterocycles. The maximum atomic E-state index is 11.5. The first kappa shape index (κ1) is 14.7. The molecule has 0 aromatic heterocycles. The number of hydrazine groups is 1. The van der Waals surface area contributed by atoms with E-state index in [4.69, 9.17) is 9.47 Å². The van der Waals surface area contributed by atoms with Gasteiger partial charge in [0.2, 0.25) is 0 Å². The summed E-state index contributed by atoms with van der Waals surface area (Å²) in [4.78, 5) is 11.5. The lowest BCUT2D eigenvalue weighted by Gasteiger charge is -2.13. The highest BCUT2D eigenvalue weighted by molar-refractivity contribution is 5.90. The normalized spacial score (nSPS) is 9.86. The molecule has 0 aliphatic carbocycles. The van der Waals surface area contributed by atoms with Crippen LogP contribution in [0.5, 0.6) is 5.75 Å². The molecule has 5 nitrogen and oxygen atoms in total. The number of methoxy groups -OCH3 is 2. The van der Waals surface area contributed by atoms with Crippen LogP contribution in [0, 0.1) is 6.92 Å². The van der Waals surface area contributed by atoms with E-state index >= 15 is 0 Å². The molecule has 0 fully saturated rings. The summed E-state index contributed by atoms with van der Waals surface area (Å²) in [5, 5.41) is 0. The van der Waals surface area contributed by atoms with Crippen molar-refractivity contribution in [2.75, 3.05) is 25.1 Å². The maximum absolute atomic E-state index is 11.5. The third-order valence-corrected chi connectivity index (χ3v) is 3.09. The van der Waals surface area contributed by atoms with Crippen LogP contribution in [0.2, 0.25) is 0 Å². The number of carbonyl (C=O) groups excluding carboxylic acids is 1. The summed E-state index contributed by atoms with van der Waals surface area (Å²) >= 11 is 0. The Morgan fingerprint density at radius 2 is 1.71 bits per heavy atom. The quantitative estimate of drug-likeness (QED) is 0.653. The molecule has 2 rings (SSSR count). The Kier molecular flexibility index (Phi) is 4.66. The van der Waals surface area contributed by atoms with E-state index < -0.39 is 0 Å². The van der Waals surface area contributed by atoms with Gasteiger partial charge in [0.15, 0.2) is 0 Å². The average Bonchev–Trinajstić information content (AvgIpc) is 2.53. The van der Waals surface area contributed by atoms with Gasteiger partial charge in [-0.3, -0.25) is 0 Å². The van der Waals surface area contributed by atoms with E-state index in [0.29, 0.717) is 5.56 Å². The number of rotatable bonds is 5. The Balaban J connectivity index is 2.09. The van der Waals surface area contributed by atoms with Gasteiger partial charge in [0.25, 0.3) is 0 Å². The SMILES string of the molecule is COC(=O)c1ccc(C)c(NNc2ccc(OC)cc2)c1. The molecule has 0 atom stereocenters. The maximum Gasteiger partial charge on any atom is 0.337 e. The van der Waals surface area contributed by atoms with Crippen LogP contribution in [0.1, 0.15) is 15.9 Å². The fourth-order valence-electron chi connectivity index (χ4n) is 1.82. The summed E-state index contributed by atoms with van der Waals surface area (Å²) in [6.07, 6.45) is 0. The fourth-order valence-corrected chi connectivity index (χ4v) is 1.82. The van der Waals surface area contributed by atoms with Gasteiger partial charge < -0.3 is 20.3 Å².